The molecule has 1 atom stereocenters. The Morgan fingerprint density at radius 1 is 1.24 bits per heavy atom. The topological polar surface area (TPSA) is 65.2 Å². The molecule has 7 heteroatoms. The summed E-state index contributed by atoms with van der Waals surface area (Å²) in [6.45, 7) is 2.74. The van der Waals surface area contributed by atoms with Crippen molar-refractivity contribution in [3.05, 3.63) is 53.4 Å². The van der Waals surface area contributed by atoms with Gasteiger partial charge in [-0.3, -0.25) is 9.59 Å². The van der Waals surface area contributed by atoms with Crippen molar-refractivity contribution < 1.29 is 18.4 Å². The molecule has 0 bridgehead atoms. The van der Waals surface area contributed by atoms with Crippen LogP contribution in [-0.4, -0.2) is 34.8 Å². The summed E-state index contributed by atoms with van der Waals surface area (Å²) in [5.74, 6) is -2.26. The van der Waals surface area contributed by atoms with E-state index in [-0.39, 0.29) is 11.8 Å². The van der Waals surface area contributed by atoms with Crippen molar-refractivity contribution in [1.82, 2.24) is 9.88 Å². The van der Waals surface area contributed by atoms with Crippen LogP contribution >= 0.6 is 0 Å². The van der Waals surface area contributed by atoms with Gasteiger partial charge >= 0.3 is 0 Å². The third-order valence-corrected chi connectivity index (χ3v) is 4.50. The first kappa shape index (κ1) is 17.1. The van der Waals surface area contributed by atoms with E-state index >= 15 is 0 Å². The highest BCUT2D eigenvalue weighted by molar-refractivity contribution is 6.05. The Labute approximate surface area is 144 Å². The Morgan fingerprint density at radius 2 is 1.96 bits per heavy atom. The van der Waals surface area contributed by atoms with Gasteiger partial charge in [-0.2, -0.15) is 0 Å². The maximum atomic E-state index is 13.7. The summed E-state index contributed by atoms with van der Waals surface area (Å²) < 4.78 is 27.5. The van der Waals surface area contributed by atoms with Gasteiger partial charge in [0, 0.05) is 37.8 Å². The lowest BCUT2D eigenvalue weighted by Crippen LogP contribution is -2.38. The highest BCUT2D eigenvalue weighted by Crippen LogP contribution is 2.29. The zero-order chi connectivity index (χ0) is 18.0. The van der Waals surface area contributed by atoms with Gasteiger partial charge in [-0.25, -0.2) is 8.78 Å². The van der Waals surface area contributed by atoms with E-state index in [0.29, 0.717) is 24.3 Å². The summed E-state index contributed by atoms with van der Waals surface area (Å²) >= 11 is 0. The van der Waals surface area contributed by atoms with Crippen LogP contribution in [0.15, 0.2) is 30.5 Å². The van der Waals surface area contributed by atoms with Gasteiger partial charge in [0.05, 0.1) is 5.56 Å². The number of H-pyrrole nitrogens is 1. The van der Waals surface area contributed by atoms with Gasteiger partial charge < -0.3 is 15.2 Å². The van der Waals surface area contributed by atoms with Gasteiger partial charge in [0.25, 0.3) is 5.91 Å². The van der Waals surface area contributed by atoms with Gasteiger partial charge in [-0.15, -0.1) is 0 Å². The molecular weight excluding hydrogens is 328 g/mol. The monoisotopic (exact) mass is 347 g/mol. The molecule has 5 nitrogen and oxygen atoms in total. The van der Waals surface area contributed by atoms with Gasteiger partial charge in [0.15, 0.2) is 0 Å². The fourth-order valence-electron chi connectivity index (χ4n) is 3.21. The van der Waals surface area contributed by atoms with Crippen LogP contribution in [0.1, 0.15) is 41.7 Å². The number of aromatic nitrogens is 1. The molecule has 1 aromatic heterocycles. The van der Waals surface area contributed by atoms with Crippen molar-refractivity contribution in [3.63, 3.8) is 0 Å². The Bertz CT molecular complexity index is 783. The quantitative estimate of drug-likeness (QED) is 0.895. The first-order valence-electron chi connectivity index (χ1n) is 8.15. The maximum absolute atomic E-state index is 13.7. The van der Waals surface area contributed by atoms with Crippen molar-refractivity contribution in [2.75, 3.05) is 18.4 Å². The predicted molar refractivity (Wildman–Crippen MR) is 89.3 cm³/mol. The van der Waals surface area contributed by atoms with Crippen LogP contribution in [0.2, 0.25) is 0 Å². The number of amides is 2. The summed E-state index contributed by atoms with van der Waals surface area (Å²) in [6, 6.07) is 4.99. The SMILES string of the molecule is CC(=O)N1CCCC(c2[nH]ccc2C(=O)Nc2c(F)cccc2F)C1. The van der Waals surface area contributed by atoms with Crippen molar-refractivity contribution in [1.29, 1.82) is 0 Å². The fraction of sp³-hybridized carbons (Fsp3) is 0.333. The summed E-state index contributed by atoms with van der Waals surface area (Å²) in [4.78, 5) is 28.9. The number of para-hydroxylation sites is 1. The number of benzene rings is 1. The summed E-state index contributed by atoms with van der Waals surface area (Å²) in [5.41, 5.74) is 0.548. The second kappa shape index (κ2) is 7.04. The largest absolute Gasteiger partial charge is 0.364 e. The Morgan fingerprint density at radius 3 is 2.64 bits per heavy atom. The molecule has 1 unspecified atom stereocenters. The predicted octanol–water partition coefficient (Wildman–Crippen LogP) is 3.27. The van der Waals surface area contributed by atoms with Gasteiger partial charge in [0.2, 0.25) is 5.91 Å². The van der Waals surface area contributed by atoms with Crippen LogP contribution in [0.25, 0.3) is 0 Å². The normalized spacial score (nSPS) is 17.4. The Hall–Kier alpha value is -2.70. The molecule has 0 spiro atoms. The number of carbonyl (C=O) groups excluding carboxylic acids is 2. The number of rotatable bonds is 3. The third-order valence-electron chi connectivity index (χ3n) is 4.50. The molecular formula is C18H19F2N3O2. The lowest BCUT2D eigenvalue weighted by Gasteiger charge is -2.32. The minimum atomic E-state index is -0.828. The summed E-state index contributed by atoms with van der Waals surface area (Å²) in [5, 5.41) is 2.30. The van der Waals surface area contributed by atoms with E-state index in [1.54, 1.807) is 17.2 Å². The molecule has 1 saturated heterocycles. The Balaban J connectivity index is 1.81. The first-order valence-corrected chi connectivity index (χ1v) is 8.15. The lowest BCUT2D eigenvalue weighted by atomic mass is 9.92. The third kappa shape index (κ3) is 3.55. The minimum absolute atomic E-state index is 0.00400. The van der Waals surface area contributed by atoms with Crippen LogP contribution < -0.4 is 5.32 Å². The highest BCUT2D eigenvalue weighted by atomic mass is 19.1. The van der Waals surface area contributed by atoms with E-state index in [0.717, 1.165) is 25.0 Å². The Kier molecular flexibility index (Phi) is 4.83. The second-order valence-electron chi connectivity index (χ2n) is 6.16. The average Bonchev–Trinajstić information content (AvgIpc) is 3.08. The van der Waals surface area contributed by atoms with Crippen LogP contribution in [0.4, 0.5) is 14.5 Å². The molecule has 1 fully saturated rings. The smallest absolute Gasteiger partial charge is 0.257 e. The summed E-state index contributed by atoms with van der Waals surface area (Å²) in [7, 11) is 0. The number of hydrogen-bond acceptors (Lipinski definition) is 2. The molecule has 132 valence electrons. The molecule has 2 N–H and O–H groups in total. The van der Waals surface area contributed by atoms with E-state index in [1.165, 1.54) is 13.0 Å². The standard InChI is InChI=1S/C18H19F2N3O2/c1-11(24)23-9-3-4-12(10-23)16-13(7-8-21-16)18(25)22-17-14(19)5-2-6-15(17)20/h2,5-8,12,21H,3-4,9-10H2,1H3,(H,22,25). The zero-order valence-electron chi connectivity index (χ0n) is 13.8. The van der Waals surface area contributed by atoms with Crippen LogP contribution in [0.5, 0.6) is 0 Å². The number of hydrogen-bond donors (Lipinski definition) is 2. The number of carbonyl (C=O) groups is 2. The van der Waals surface area contributed by atoms with E-state index in [1.807, 2.05) is 0 Å². The number of nitrogens with zero attached hydrogens (tertiary/aromatic N) is 1. The molecule has 1 aromatic carbocycles. The molecule has 25 heavy (non-hydrogen) atoms. The molecule has 1 aliphatic heterocycles. The number of nitrogens with one attached hydrogen (secondary N) is 2. The number of piperidine rings is 1. The number of halogens is 2. The van der Waals surface area contributed by atoms with E-state index in [9.17, 15) is 18.4 Å². The zero-order valence-corrected chi connectivity index (χ0v) is 13.8. The van der Waals surface area contributed by atoms with Crippen LogP contribution in [0.3, 0.4) is 0 Å². The van der Waals surface area contributed by atoms with E-state index in [4.69, 9.17) is 0 Å². The molecule has 0 radical (unpaired) electrons. The van der Waals surface area contributed by atoms with E-state index < -0.39 is 23.2 Å². The molecule has 2 aromatic rings. The molecule has 2 amide bonds. The van der Waals surface area contributed by atoms with Crippen molar-refractivity contribution in [2.45, 2.75) is 25.7 Å². The molecule has 0 aliphatic carbocycles. The lowest BCUT2D eigenvalue weighted by molar-refractivity contribution is -0.130. The molecule has 2 heterocycles. The van der Waals surface area contributed by atoms with Gasteiger partial charge in [0.1, 0.15) is 17.3 Å². The number of aromatic amines is 1. The summed E-state index contributed by atoms with van der Waals surface area (Å²) in [6.07, 6.45) is 3.29. The van der Waals surface area contributed by atoms with Crippen molar-refractivity contribution in [2.24, 2.45) is 0 Å². The first-order chi connectivity index (χ1) is 12.0. The van der Waals surface area contributed by atoms with Crippen LogP contribution in [-0.2, 0) is 4.79 Å². The van der Waals surface area contributed by atoms with Gasteiger partial charge in [-0.1, -0.05) is 6.07 Å². The average molecular weight is 347 g/mol. The van der Waals surface area contributed by atoms with Crippen molar-refractivity contribution >= 4 is 17.5 Å². The fourth-order valence-corrected chi connectivity index (χ4v) is 3.21. The maximum Gasteiger partial charge on any atom is 0.257 e. The van der Waals surface area contributed by atoms with E-state index in [2.05, 4.69) is 10.3 Å². The minimum Gasteiger partial charge on any atom is -0.364 e. The second-order valence-corrected chi connectivity index (χ2v) is 6.16. The van der Waals surface area contributed by atoms with Crippen LogP contribution in [0, 0.1) is 11.6 Å². The highest BCUT2D eigenvalue weighted by Gasteiger charge is 2.27. The number of likely N-dealkylation sites (tertiary alicyclic amines) is 1. The molecule has 0 saturated carbocycles. The molecule has 1 aliphatic rings. The molecule has 3 rings (SSSR count). The van der Waals surface area contributed by atoms with Gasteiger partial charge in [-0.05, 0) is 31.0 Å². The number of anilines is 1. The van der Waals surface area contributed by atoms with Crippen molar-refractivity contribution in [3.8, 4) is 0 Å².